The monoisotopic (exact) mass is 383 g/mol. The average Bonchev–Trinajstić information content (AvgIpc) is 3.32. The molecule has 27 heavy (non-hydrogen) atoms. The molecule has 140 valence electrons. The lowest BCUT2D eigenvalue weighted by atomic mass is 9.97. The number of piperidine rings is 1. The third-order valence-corrected chi connectivity index (χ3v) is 5.74. The zero-order valence-corrected chi connectivity index (χ0v) is 16.1. The summed E-state index contributed by atoms with van der Waals surface area (Å²) in [6.07, 6.45) is 5.34. The Kier molecular flexibility index (Phi) is 4.85. The van der Waals surface area contributed by atoms with Gasteiger partial charge in [-0.1, -0.05) is 0 Å². The Hall–Kier alpha value is -2.81. The lowest BCUT2D eigenvalue weighted by Gasteiger charge is -2.32. The van der Waals surface area contributed by atoms with Crippen molar-refractivity contribution in [3.8, 4) is 5.82 Å². The van der Waals surface area contributed by atoms with Crippen LogP contribution in [-0.2, 0) is 4.79 Å². The summed E-state index contributed by atoms with van der Waals surface area (Å²) in [6, 6.07) is 5.66. The molecule has 0 radical (unpaired) electrons. The second-order valence-electron chi connectivity index (χ2n) is 6.64. The Balaban J connectivity index is 1.42. The third-order valence-electron chi connectivity index (χ3n) is 4.75. The fraction of sp³-hybridized carbons (Fsp3) is 0.389. The van der Waals surface area contributed by atoms with Gasteiger partial charge in [0.1, 0.15) is 0 Å². The molecule has 1 aliphatic rings. The molecule has 0 saturated carbocycles. The van der Waals surface area contributed by atoms with Gasteiger partial charge < -0.3 is 10.2 Å². The van der Waals surface area contributed by atoms with Crippen molar-refractivity contribution in [2.75, 3.05) is 23.3 Å². The lowest BCUT2D eigenvalue weighted by Crippen LogP contribution is -2.41. The number of aryl methyl sites for hydroxylation is 2. The molecule has 8 nitrogen and oxygen atoms in total. The number of thiazole rings is 1. The molecule has 0 spiro atoms. The molecule has 4 heterocycles. The molecule has 0 aliphatic carbocycles. The van der Waals surface area contributed by atoms with Crippen LogP contribution in [0, 0.1) is 19.8 Å². The largest absolute Gasteiger partial charge is 0.354 e. The van der Waals surface area contributed by atoms with Crippen molar-refractivity contribution >= 4 is 28.2 Å². The van der Waals surface area contributed by atoms with Crippen molar-refractivity contribution in [1.82, 2.24) is 25.0 Å². The van der Waals surface area contributed by atoms with Crippen LogP contribution in [0.3, 0.4) is 0 Å². The summed E-state index contributed by atoms with van der Waals surface area (Å²) in [7, 11) is 0. The molecule has 1 N–H and O–H groups in total. The zero-order chi connectivity index (χ0) is 18.8. The first-order valence-corrected chi connectivity index (χ1v) is 9.75. The van der Waals surface area contributed by atoms with Gasteiger partial charge in [-0.2, -0.15) is 5.10 Å². The van der Waals surface area contributed by atoms with Gasteiger partial charge in [-0.3, -0.25) is 4.79 Å². The molecule has 1 saturated heterocycles. The molecule has 4 rings (SSSR count). The van der Waals surface area contributed by atoms with E-state index in [1.165, 1.54) is 11.3 Å². The predicted molar refractivity (Wildman–Crippen MR) is 104 cm³/mol. The van der Waals surface area contributed by atoms with Crippen LogP contribution < -0.4 is 10.2 Å². The molecule has 3 aromatic rings. The summed E-state index contributed by atoms with van der Waals surface area (Å²) in [4.78, 5) is 20.3. The minimum absolute atomic E-state index is 0.0228. The number of amides is 1. The van der Waals surface area contributed by atoms with Gasteiger partial charge in [0, 0.05) is 30.4 Å². The highest BCUT2D eigenvalue weighted by molar-refractivity contribution is 7.15. The van der Waals surface area contributed by atoms with Gasteiger partial charge >= 0.3 is 0 Å². The van der Waals surface area contributed by atoms with Crippen LogP contribution in [0.2, 0.25) is 0 Å². The van der Waals surface area contributed by atoms with E-state index >= 15 is 0 Å². The summed E-state index contributed by atoms with van der Waals surface area (Å²) in [5.41, 5.74) is 0.966. The quantitative estimate of drug-likeness (QED) is 0.745. The highest BCUT2D eigenvalue weighted by Gasteiger charge is 2.27. The van der Waals surface area contributed by atoms with Gasteiger partial charge in [0.05, 0.1) is 11.6 Å². The molecule has 0 aromatic carbocycles. The van der Waals surface area contributed by atoms with E-state index in [-0.39, 0.29) is 11.8 Å². The maximum absolute atomic E-state index is 12.7. The van der Waals surface area contributed by atoms with E-state index in [0.717, 1.165) is 35.8 Å². The third kappa shape index (κ3) is 3.82. The molecule has 9 heteroatoms. The van der Waals surface area contributed by atoms with Gasteiger partial charge in [-0.15, -0.1) is 21.5 Å². The number of aromatic nitrogens is 5. The summed E-state index contributed by atoms with van der Waals surface area (Å²) < 4.78 is 1.67. The molecule has 1 amide bonds. The second-order valence-corrected chi connectivity index (χ2v) is 7.84. The van der Waals surface area contributed by atoms with Gasteiger partial charge in [-0.05, 0) is 44.9 Å². The Morgan fingerprint density at radius 2 is 2.07 bits per heavy atom. The molecular formula is C18H21N7OS. The van der Waals surface area contributed by atoms with Crippen molar-refractivity contribution in [3.63, 3.8) is 0 Å². The first-order chi connectivity index (χ1) is 13.1. The van der Waals surface area contributed by atoms with Crippen LogP contribution in [0.25, 0.3) is 5.82 Å². The Bertz CT molecular complexity index is 900. The van der Waals surface area contributed by atoms with Crippen LogP contribution in [0.4, 0.5) is 10.9 Å². The van der Waals surface area contributed by atoms with Crippen LogP contribution in [-0.4, -0.2) is 44.0 Å². The van der Waals surface area contributed by atoms with Crippen molar-refractivity contribution in [2.24, 2.45) is 5.92 Å². The molecule has 1 atom stereocenters. The fourth-order valence-electron chi connectivity index (χ4n) is 3.15. The smallest absolute Gasteiger partial charge is 0.231 e. The van der Waals surface area contributed by atoms with Gasteiger partial charge in [0.25, 0.3) is 0 Å². The number of nitrogens with zero attached hydrogens (tertiary/aromatic N) is 6. The van der Waals surface area contributed by atoms with Crippen molar-refractivity contribution in [1.29, 1.82) is 0 Å². The number of hydrogen-bond donors (Lipinski definition) is 1. The number of anilines is 2. The van der Waals surface area contributed by atoms with E-state index < -0.39 is 0 Å². The SMILES string of the molecule is Cc1nc(NC(=O)[C@@H]2CCCN(c3ccc(-n4cccn4)nn3)C2)sc1C. The average molecular weight is 383 g/mol. The molecule has 0 bridgehead atoms. The topological polar surface area (TPSA) is 88.8 Å². The van der Waals surface area contributed by atoms with E-state index in [1.54, 1.807) is 10.9 Å². The summed E-state index contributed by atoms with van der Waals surface area (Å²) in [5, 5.41) is 16.4. The van der Waals surface area contributed by atoms with E-state index in [9.17, 15) is 4.79 Å². The highest BCUT2D eigenvalue weighted by Crippen LogP contribution is 2.25. The van der Waals surface area contributed by atoms with Crippen molar-refractivity contribution in [3.05, 3.63) is 41.2 Å². The van der Waals surface area contributed by atoms with Crippen LogP contribution in [0.15, 0.2) is 30.6 Å². The first kappa shape index (κ1) is 17.6. The van der Waals surface area contributed by atoms with Crippen LogP contribution in [0.1, 0.15) is 23.4 Å². The normalized spacial score (nSPS) is 17.1. The Morgan fingerprint density at radius 3 is 2.74 bits per heavy atom. The highest BCUT2D eigenvalue weighted by atomic mass is 32.1. The van der Waals surface area contributed by atoms with E-state index in [2.05, 4.69) is 30.5 Å². The molecule has 1 fully saturated rings. The fourth-order valence-corrected chi connectivity index (χ4v) is 3.96. The maximum atomic E-state index is 12.7. The lowest BCUT2D eigenvalue weighted by molar-refractivity contribution is -0.120. The number of carbonyl (C=O) groups excluding carboxylic acids is 1. The molecule has 3 aromatic heterocycles. The van der Waals surface area contributed by atoms with Gasteiger partial charge in [-0.25, -0.2) is 9.67 Å². The van der Waals surface area contributed by atoms with Crippen LogP contribution in [0.5, 0.6) is 0 Å². The Morgan fingerprint density at radius 1 is 1.26 bits per heavy atom. The summed E-state index contributed by atoms with van der Waals surface area (Å²) in [6.45, 7) is 5.46. The van der Waals surface area contributed by atoms with E-state index in [1.807, 2.05) is 38.2 Å². The summed E-state index contributed by atoms with van der Waals surface area (Å²) >= 11 is 1.52. The zero-order valence-electron chi connectivity index (χ0n) is 15.3. The summed E-state index contributed by atoms with van der Waals surface area (Å²) in [5.74, 6) is 1.39. The molecule has 0 unspecified atom stereocenters. The molecular weight excluding hydrogens is 362 g/mol. The Labute approximate surface area is 161 Å². The van der Waals surface area contributed by atoms with Crippen LogP contribution >= 0.6 is 11.3 Å². The predicted octanol–water partition coefficient (Wildman–Crippen LogP) is 2.59. The number of nitrogens with one attached hydrogen (secondary N) is 1. The van der Waals surface area contributed by atoms with Crippen molar-refractivity contribution in [2.45, 2.75) is 26.7 Å². The van der Waals surface area contributed by atoms with E-state index in [0.29, 0.717) is 17.5 Å². The molecule has 1 aliphatic heterocycles. The van der Waals surface area contributed by atoms with Gasteiger partial charge in [0.2, 0.25) is 5.91 Å². The maximum Gasteiger partial charge on any atom is 0.231 e. The number of rotatable bonds is 4. The second kappa shape index (κ2) is 7.43. The number of carbonyl (C=O) groups is 1. The van der Waals surface area contributed by atoms with Gasteiger partial charge in [0.15, 0.2) is 16.8 Å². The standard InChI is InChI=1S/C18H21N7OS/c1-12-13(2)27-18(20-12)21-17(26)14-5-3-9-24(11-14)15-6-7-16(23-22-15)25-10-4-8-19-25/h4,6-8,10,14H,3,5,9,11H2,1-2H3,(H,20,21,26)/t14-/m1/s1. The minimum atomic E-state index is -0.0872. The first-order valence-electron chi connectivity index (χ1n) is 8.94. The number of hydrogen-bond acceptors (Lipinski definition) is 7. The van der Waals surface area contributed by atoms with Crippen molar-refractivity contribution < 1.29 is 4.79 Å². The van der Waals surface area contributed by atoms with E-state index in [4.69, 9.17) is 0 Å². The minimum Gasteiger partial charge on any atom is -0.354 e.